The van der Waals surface area contributed by atoms with Crippen molar-refractivity contribution in [2.75, 3.05) is 32.6 Å². The van der Waals surface area contributed by atoms with Crippen LogP contribution in [0, 0.1) is 0 Å². The predicted octanol–water partition coefficient (Wildman–Crippen LogP) is 0.953. The summed E-state index contributed by atoms with van der Waals surface area (Å²) in [5.41, 5.74) is 1.48. The summed E-state index contributed by atoms with van der Waals surface area (Å²) in [7, 11) is 1.35. The fourth-order valence-corrected chi connectivity index (χ4v) is 5.08. The lowest BCUT2D eigenvalue weighted by Gasteiger charge is -2.29. The number of fused-ring (bicyclic) bond motifs is 2. The number of hydrogen-bond donors (Lipinski definition) is 0. The first kappa shape index (κ1) is 17.9. The van der Waals surface area contributed by atoms with Crippen molar-refractivity contribution in [3.63, 3.8) is 0 Å². The van der Waals surface area contributed by atoms with Gasteiger partial charge in [-0.05, 0) is 12.8 Å². The molecular formula is C16H20N4O4S2. The van der Waals surface area contributed by atoms with Gasteiger partial charge in [0, 0.05) is 32.7 Å². The Hall–Kier alpha value is -1.49. The lowest BCUT2D eigenvalue weighted by Crippen LogP contribution is -2.40. The first-order chi connectivity index (χ1) is 12.6. The molecule has 1 fully saturated rings. The number of thioether (sulfide) groups is 1. The molecule has 140 valence electrons. The normalized spacial score (nSPS) is 20.4. The summed E-state index contributed by atoms with van der Waals surface area (Å²) in [6.45, 7) is 3.17. The maximum atomic E-state index is 12.9. The Bertz CT molecular complexity index is 875. The Morgan fingerprint density at radius 1 is 1.50 bits per heavy atom. The first-order valence-corrected chi connectivity index (χ1v) is 10.4. The third-order valence-corrected chi connectivity index (χ3v) is 6.66. The highest BCUT2D eigenvalue weighted by Crippen LogP contribution is 2.25. The number of carbonyl (C=O) groups is 1. The highest BCUT2D eigenvalue weighted by molar-refractivity contribution is 8.01. The van der Waals surface area contributed by atoms with Gasteiger partial charge in [0.25, 0.3) is 5.56 Å². The molecule has 0 bridgehead atoms. The van der Waals surface area contributed by atoms with Crippen molar-refractivity contribution in [1.29, 1.82) is 0 Å². The molecule has 1 unspecified atom stereocenters. The van der Waals surface area contributed by atoms with E-state index in [0.29, 0.717) is 15.8 Å². The standard InChI is InChI=1S/C16H20N4O4S2/c1-23-13(21)9-25-16-18-20-14(22)11-8-19(7-10-3-2-6-24-10)5-4-12(11)17-15(20)26-16/h10H,2-9H2,1H3. The molecule has 0 aromatic carbocycles. The molecule has 0 aliphatic carbocycles. The minimum Gasteiger partial charge on any atom is -0.468 e. The monoisotopic (exact) mass is 396 g/mol. The summed E-state index contributed by atoms with van der Waals surface area (Å²) in [5, 5.41) is 4.33. The number of hydrogen-bond acceptors (Lipinski definition) is 9. The van der Waals surface area contributed by atoms with E-state index in [-0.39, 0.29) is 23.4 Å². The number of esters is 1. The van der Waals surface area contributed by atoms with Crippen LogP contribution in [-0.2, 0) is 27.2 Å². The number of carbonyl (C=O) groups excluding carboxylic acids is 1. The van der Waals surface area contributed by atoms with Crippen LogP contribution in [0.15, 0.2) is 9.13 Å². The molecule has 2 aliphatic heterocycles. The zero-order valence-corrected chi connectivity index (χ0v) is 16.1. The van der Waals surface area contributed by atoms with Gasteiger partial charge in [-0.25, -0.2) is 4.98 Å². The first-order valence-electron chi connectivity index (χ1n) is 8.59. The fourth-order valence-electron chi connectivity index (χ4n) is 3.31. The van der Waals surface area contributed by atoms with Crippen LogP contribution in [0.1, 0.15) is 24.1 Å². The van der Waals surface area contributed by atoms with E-state index < -0.39 is 0 Å². The van der Waals surface area contributed by atoms with Gasteiger partial charge >= 0.3 is 5.97 Å². The van der Waals surface area contributed by atoms with Gasteiger partial charge in [-0.2, -0.15) is 4.52 Å². The van der Waals surface area contributed by atoms with Crippen LogP contribution in [0.3, 0.4) is 0 Å². The van der Waals surface area contributed by atoms with E-state index in [0.717, 1.165) is 50.2 Å². The number of ether oxygens (including phenoxy) is 2. The van der Waals surface area contributed by atoms with E-state index >= 15 is 0 Å². The number of methoxy groups -OCH3 is 1. The second-order valence-corrected chi connectivity index (χ2v) is 8.57. The van der Waals surface area contributed by atoms with Crippen LogP contribution in [0.2, 0.25) is 0 Å². The maximum absolute atomic E-state index is 12.9. The Morgan fingerprint density at radius 3 is 3.15 bits per heavy atom. The summed E-state index contributed by atoms with van der Waals surface area (Å²) >= 11 is 2.58. The summed E-state index contributed by atoms with van der Waals surface area (Å²) in [6.07, 6.45) is 3.24. The zero-order valence-electron chi connectivity index (χ0n) is 14.5. The van der Waals surface area contributed by atoms with Crippen molar-refractivity contribution < 1.29 is 14.3 Å². The van der Waals surface area contributed by atoms with E-state index in [1.165, 1.54) is 34.7 Å². The summed E-state index contributed by atoms with van der Waals surface area (Å²) in [5.74, 6) is -0.154. The largest absolute Gasteiger partial charge is 0.468 e. The van der Waals surface area contributed by atoms with Crippen molar-refractivity contribution in [1.82, 2.24) is 19.5 Å². The summed E-state index contributed by atoms with van der Waals surface area (Å²) in [4.78, 5) is 31.7. The molecule has 4 rings (SSSR count). The highest BCUT2D eigenvalue weighted by atomic mass is 32.2. The second kappa shape index (κ2) is 7.63. The van der Waals surface area contributed by atoms with Gasteiger partial charge in [-0.3, -0.25) is 14.5 Å². The van der Waals surface area contributed by atoms with Crippen LogP contribution in [0.4, 0.5) is 0 Å². The molecule has 10 heteroatoms. The average molecular weight is 396 g/mol. The van der Waals surface area contributed by atoms with Crippen molar-refractivity contribution >= 4 is 34.0 Å². The lowest BCUT2D eigenvalue weighted by molar-refractivity contribution is -0.137. The zero-order chi connectivity index (χ0) is 18.1. The topological polar surface area (TPSA) is 86.0 Å². The van der Waals surface area contributed by atoms with Gasteiger partial charge < -0.3 is 9.47 Å². The molecule has 0 radical (unpaired) electrons. The summed E-state index contributed by atoms with van der Waals surface area (Å²) < 4.78 is 12.3. The Labute approximate surface area is 158 Å². The van der Waals surface area contributed by atoms with E-state index in [2.05, 4.69) is 19.7 Å². The molecule has 2 aromatic heterocycles. The van der Waals surface area contributed by atoms with Crippen LogP contribution in [0.25, 0.3) is 4.96 Å². The molecule has 0 amide bonds. The SMILES string of the molecule is COC(=O)CSc1nn2c(=O)c3c(nc2s1)CCN(CC1CCCO1)C3. The molecule has 0 spiro atoms. The van der Waals surface area contributed by atoms with Crippen molar-refractivity contribution in [2.24, 2.45) is 0 Å². The van der Waals surface area contributed by atoms with Gasteiger partial charge in [-0.15, -0.1) is 5.10 Å². The third-order valence-electron chi connectivity index (χ3n) is 4.64. The fraction of sp³-hybridized carbons (Fsp3) is 0.625. The van der Waals surface area contributed by atoms with Gasteiger partial charge in [0.15, 0.2) is 4.34 Å². The van der Waals surface area contributed by atoms with Gasteiger partial charge in [0.1, 0.15) is 0 Å². The smallest absolute Gasteiger partial charge is 0.316 e. The minimum atomic E-state index is -0.321. The van der Waals surface area contributed by atoms with Crippen molar-refractivity contribution in [2.45, 2.75) is 36.3 Å². The second-order valence-electron chi connectivity index (χ2n) is 6.39. The molecule has 0 saturated carbocycles. The number of rotatable bonds is 5. The van der Waals surface area contributed by atoms with E-state index in [9.17, 15) is 9.59 Å². The van der Waals surface area contributed by atoms with Gasteiger partial charge in [0.2, 0.25) is 4.96 Å². The van der Waals surface area contributed by atoms with Crippen molar-refractivity contribution in [3.05, 3.63) is 21.6 Å². The summed E-state index contributed by atoms with van der Waals surface area (Å²) in [6, 6.07) is 0. The van der Waals surface area contributed by atoms with Crippen LogP contribution >= 0.6 is 23.1 Å². The molecular weight excluding hydrogens is 376 g/mol. The van der Waals surface area contributed by atoms with E-state index in [1.54, 1.807) is 0 Å². The Morgan fingerprint density at radius 2 is 2.38 bits per heavy atom. The highest BCUT2D eigenvalue weighted by Gasteiger charge is 2.26. The van der Waals surface area contributed by atoms with Gasteiger partial charge in [0.05, 0.1) is 30.2 Å². The molecule has 2 aromatic rings. The average Bonchev–Trinajstić information content (AvgIpc) is 3.30. The van der Waals surface area contributed by atoms with Crippen LogP contribution in [-0.4, -0.2) is 64.1 Å². The Kier molecular flexibility index (Phi) is 5.25. The molecule has 2 aliphatic rings. The van der Waals surface area contributed by atoms with Crippen molar-refractivity contribution in [3.8, 4) is 0 Å². The van der Waals surface area contributed by atoms with Gasteiger partial charge in [-0.1, -0.05) is 23.1 Å². The molecule has 1 saturated heterocycles. The molecule has 4 heterocycles. The van der Waals surface area contributed by atoms with Crippen LogP contribution < -0.4 is 5.56 Å². The van der Waals surface area contributed by atoms with E-state index in [1.807, 2.05) is 0 Å². The molecule has 26 heavy (non-hydrogen) atoms. The third kappa shape index (κ3) is 3.64. The minimum absolute atomic E-state index is 0.108. The lowest BCUT2D eigenvalue weighted by atomic mass is 10.1. The molecule has 8 nitrogen and oxygen atoms in total. The van der Waals surface area contributed by atoms with E-state index in [4.69, 9.17) is 4.74 Å². The quantitative estimate of drug-likeness (QED) is 0.546. The Balaban J connectivity index is 1.55. The maximum Gasteiger partial charge on any atom is 0.316 e. The molecule has 0 N–H and O–H groups in total. The number of aromatic nitrogens is 3. The predicted molar refractivity (Wildman–Crippen MR) is 97.8 cm³/mol. The molecule has 1 atom stereocenters. The van der Waals surface area contributed by atoms with Crippen LogP contribution in [0.5, 0.6) is 0 Å². The number of nitrogens with zero attached hydrogens (tertiary/aromatic N) is 4.